The monoisotopic (exact) mass is 456 g/mol. The maximum Gasteiger partial charge on any atom is 0.316 e. The van der Waals surface area contributed by atoms with Crippen LogP contribution in [0.4, 0.5) is 0 Å². The Morgan fingerprint density at radius 2 is 1.77 bits per heavy atom. The van der Waals surface area contributed by atoms with E-state index in [0.717, 1.165) is 33.7 Å². The van der Waals surface area contributed by atoms with Crippen LogP contribution in [0, 0.1) is 24.2 Å². The average molecular weight is 457 g/mol. The fourth-order valence-corrected chi connectivity index (χ4v) is 6.08. The number of halogens is 1. The van der Waals surface area contributed by atoms with Crippen molar-refractivity contribution in [1.82, 2.24) is 0 Å². The van der Waals surface area contributed by atoms with Crippen LogP contribution in [-0.2, 0) is 19.1 Å². The Balaban J connectivity index is 1.61. The maximum atomic E-state index is 13.6. The van der Waals surface area contributed by atoms with Gasteiger partial charge in [-0.15, -0.1) is 11.3 Å². The zero-order chi connectivity index (χ0) is 22.1. The van der Waals surface area contributed by atoms with Crippen LogP contribution in [0.2, 0.25) is 5.02 Å². The van der Waals surface area contributed by atoms with Crippen molar-refractivity contribution < 1.29 is 19.1 Å². The van der Waals surface area contributed by atoms with Crippen molar-refractivity contribution in [2.24, 2.45) is 17.3 Å². The van der Waals surface area contributed by atoms with Crippen LogP contribution in [-0.4, -0.2) is 24.0 Å². The molecule has 0 amide bonds. The van der Waals surface area contributed by atoms with E-state index in [4.69, 9.17) is 21.1 Å². The summed E-state index contributed by atoms with van der Waals surface area (Å²) in [5.41, 5.74) is 1.83. The van der Waals surface area contributed by atoms with Crippen molar-refractivity contribution in [2.75, 3.05) is 0 Å². The zero-order valence-corrected chi connectivity index (χ0v) is 19.6. The summed E-state index contributed by atoms with van der Waals surface area (Å²) in [5.74, 6) is -0.147. The zero-order valence-electron chi connectivity index (χ0n) is 18.0. The summed E-state index contributed by atoms with van der Waals surface area (Å²) in [6, 6.07) is 9.73. The fourth-order valence-electron chi connectivity index (χ4n) is 4.92. The summed E-state index contributed by atoms with van der Waals surface area (Å²) >= 11 is 7.67. The molecule has 0 spiro atoms. The molecule has 3 aliphatic rings. The van der Waals surface area contributed by atoms with Gasteiger partial charge in [0.15, 0.2) is 5.78 Å². The number of allylic oxidation sites excluding steroid dienone is 1. The van der Waals surface area contributed by atoms with Crippen LogP contribution < -0.4 is 0 Å². The van der Waals surface area contributed by atoms with E-state index in [-0.39, 0.29) is 35.8 Å². The topological polar surface area (TPSA) is 52.6 Å². The molecule has 5 rings (SSSR count). The summed E-state index contributed by atoms with van der Waals surface area (Å²) in [6.45, 7) is 7.50. The Morgan fingerprint density at radius 1 is 1.13 bits per heavy atom. The number of benzene rings is 1. The SMILES string of the molecule is Cc1sc(-c2ccc(Cl)cc2)cc1C1=C(OC(=O)C(C)(C)C)[C@@H]2[C@H](C1=O)[C@H]1CC[C@@H]2O1. The molecule has 4 atom stereocenters. The fraction of sp³-hybridized carbons (Fsp3) is 0.440. The minimum absolute atomic E-state index is 0.0473. The molecule has 4 nitrogen and oxygen atoms in total. The lowest BCUT2D eigenvalue weighted by molar-refractivity contribution is -0.149. The van der Waals surface area contributed by atoms with Crippen molar-refractivity contribution in [1.29, 1.82) is 0 Å². The van der Waals surface area contributed by atoms with Gasteiger partial charge < -0.3 is 9.47 Å². The molecule has 1 aromatic heterocycles. The average Bonchev–Trinajstić information content (AvgIpc) is 3.45. The third-order valence-electron chi connectivity index (χ3n) is 6.50. The number of hydrogen-bond acceptors (Lipinski definition) is 5. The predicted octanol–water partition coefficient (Wildman–Crippen LogP) is 6.05. The van der Waals surface area contributed by atoms with E-state index < -0.39 is 5.41 Å². The van der Waals surface area contributed by atoms with E-state index in [1.165, 1.54) is 0 Å². The van der Waals surface area contributed by atoms with E-state index in [2.05, 4.69) is 0 Å². The molecule has 162 valence electrons. The van der Waals surface area contributed by atoms with Gasteiger partial charge in [0.1, 0.15) is 5.76 Å². The Morgan fingerprint density at radius 3 is 2.42 bits per heavy atom. The second-order valence-corrected chi connectivity index (χ2v) is 11.4. The molecule has 3 heterocycles. The normalized spacial score (nSPS) is 27.2. The number of aryl methyl sites for hydroxylation is 1. The molecule has 2 fully saturated rings. The van der Waals surface area contributed by atoms with Crippen molar-refractivity contribution in [3.8, 4) is 10.4 Å². The number of hydrogen-bond donors (Lipinski definition) is 0. The van der Waals surface area contributed by atoms with Crippen LogP contribution in [0.25, 0.3) is 16.0 Å². The van der Waals surface area contributed by atoms with Gasteiger partial charge in [-0.3, -0.25) is 9.59 Å². The number of fused-ring (bicyclic) bond motifs is 5. The molecular weight excluding hydrogens is 432 g/mol. The predicted molar refractivity (Wildman–Crippen MR) is 122 cm³/mol. The Bertz CT molecular complexity index is 1110. The second-order valence-electron chi connectivity index (χ2n) is 9.67. The van der Waals surface area contributed by atoms with Crippen molar-refractivity contribution >= 4 is 40.3 Å². The van der Waals surface area contributed by atoms with Crippen molar-refractivity contribution in [3.05, 3.63) is 51.6 Å². The number of esters is 1. The Hall–Kier alpha value is -1.95. The van der Waals surface area contributed by atoms with E-state index in [9.17, 15) is 9.59 Å². The Labute approximate surface area is 191 Å². The molecule has 31 heavy (non-hydrogen) atoms. The number of ketones is 1. The molecule has 0 unspecified atom stereocenters. The van der Waals surface area contributed by atoms with Crippen molar-refractivity contribution in [3.63, 3.8) is 0 Å². The van der Waals surface area contributed by atoms with Crippen LogP contribution in [0.1, 0.15) is 44.1 Å². The van der Waals surface area contributed by atoms with Gasteiger partial charge in [-0.2, -0.15) is 0 Å². The molecule has 0 radical (unpaired) electrons. The minimum atomic E-state index is -0.657. The standard InChI is InChI=1S/C25H25ClO4S/c1-12-15(11-18(31-12)13-5-7-14(26)8-6-13)19-22(27)20-16-9-10-17(29-16)21(20)23(19)30-24(28)25(2,3)4/h5-8,11,16-17,20-21H,9-10H2,1-4H3/t16-,17+,20-,21+/m1/s1. The third-order valence-corrected chi connectivity index (χ3v) is 7.85. The molecule has 2 bridgehead atoms. The van der Waals surface area contributed by atoms with Gasteiger partial charge in [0, 0.05) is 20.3 Å². The Kier molecular flexibility index (Phi) is 4.92. The lowest BCUT2D eigenvalue weighted by atomic mass is 9.80. The molecule has 2 aromatic rings. The molecule has 0 N–H and O–H groups in total. The molecule has 6 heteroatoms. The van der Waals surface area contributed by atoms with E-state index in [1.807, 2.05) is 58.0 Å². The number of carbonyl (C=O) groups excluding carboxylic acids is 2. The molecule has 2 aliphatic heterocycles. The third kappa shape index (κ3) is 3.38. The summed E-state index contributed by atoms with van der Waals surface area (Å²) < 4.78 is 12.0. The van der Waals surface area contributed by atoms with Gasteiger partial charge in [-0.1, -0.05) is 23.7 Å². The van der Waals surface area contributed by atoms with Crippen LogP contribution in [0.5, 0.6) is 0 Å². The molecule has 2 saturated heterocycles. The minimum Gasteiger partial charge on any atom is -0.429 e. The summed E-state index contributed by atoms with van der Waals surface area (Å²) in [4.78, 5) is 28.5. The van der Waals surface area contributed by atoms with E-state index >= 15 is 0 Å². The lowest BCUT2D eigenvalue weighted by Gasteiger charge is -2.24. The van der Waals surface area contributed by atoms with Gasteiger partial charge in [-0.25, -0.2) is 0 Å². The summed E-state index contributed by atoms with van der Waals surface area (Å²) in [7, 11) is 0. The second kappa shape index (κ2) is 7.29. The first-order chi connectivity index (χ1) is 14.6. The number of ether oxygens (including phenoxy) is 2. The largest absolute Gasteiger partial charge is 0.429 e. The summed E-state index contributed by atoms with van der Waals surface area (Å²) in [6.07, 6.45) is 1.68. The van der Waals surface area contributed by atoms with Crippen molar-refractivity contribution in [2.45, 2.75) is 52.7 Å². The maximum absolute atomic E-state index is 13.6. The van der Waals surface area contributed by atoms with Gasteiger partial charge in [0.05, 0.1) is 35.0 Å². The summed E-state index contributed by atoms with van der Waals surface area (Å²) in [5, 5.41) is 0.686. The van der Waals surface area contributed by atoms with Gasteiger partial charge in [0.2, 0.25) is 0 Å². The molecule has 0 saturated carbocycles. The first kappa shape index (κ1) is 20.9. The smallest absolute Gasteiger partial charge is 0.316 e. The van der Waals surface area contributed by atoms with Crippen LogP contribution in [0.3, 0.4) is 0 Å². The van der Waals surface area contributed by atoms with E-state index in [1.54, 1.807) is 11.3 Å². The van der Waals surface area contributed by atoms with E-state index in [0.29, 0.717) is 16.4 Å². The molecule has 1 aliphatic carbocycles. The van der Waals surface area contributed by atoms with Crippen LogP contribution >= 0.6 is 22.9 Å². The number of rotatable bonds is 3. The van der Waals surface area contributed by atoms with Gasteiger partial charge >= 0.3 is 5.97 Å². The highest BCUT2D eigenvalue weighted by molar-refractivity contribution is 7.15. The lowest BCUT2D eigenvalue weighted by Crippen LogP contribution is -2.31. The highest BCUT2D eigenvalue weighted by Crippen LogP contribution is 2.55. The number of thiophene rings is 1. The van der Waals surface area contributed by atoms with Gasteiger partial charge in [-0.05, 0) is 64.3 Å². The molecular formula is C25H25ClO4S. The number of carbonyl (C=O) groups is 2. The number of Topliss-reactive ketones (excluding diaryl/α,β-unsaturated/α-hetero) is 1. The van der Waals surface area contributed by atoms with Crippen LogP contribution in [0.15, 0.2) is 36.1 Å². The first-order valence-corrected chi connectivity index (χ1v) is 11.9. The molecule has 1 aromatic carbocycles. The first-order valence-electron chi connectivity index (χ1n) is 10.7. The van der Waals surface area contributed by atoms with Gasteiger partial charge in [0.25, 0.3) is 0 Å². The quantitative estimate of drug-likeness (QED) is 0.527. The highest BCUT2D eigenvalue weighted by Gasteiger charge is 2.60. The highest BCUT2D eigenvalue weighted by atomic mass is 35.5.